The summed E-state index contributed by atoms with van der Waals surface area (Å²) in [7, 11) is 1.25. The van der Waals surface area contributed by atoms with E-state index in [0.717, 1.165) is 23.7 Å². The third-order valence-corrected chi connectivity index (χ3v) is 6.18. The van der Waals surface area contributed by atoms with Gasteiger partial charge in [-0.25, -0.2) is 0 Å². The van der Waals surface area contributed by atoms with Gasteiger partial charge in [0.2, 0.25) is 0 Å². The second-order valence-corrected chi connectivity index (χ2v) is 13.2. The number of hydrogen-bond acceptors (Lipinski definition) is 2. The molecule has 2 saturated carbocycles. The monoisotopic (exact) mass is 520 g/mol. The Morgan fingerprint density at radius 2 is 0.920 bits per heavy atom. The average molecular weight is 523 g/mol. The van der Waals surface area contributed by atoms with Crippen LogP contribution in [0.15, 0.2) is 9.98 Å². The summed E-state index contributed by atoms with van der Waals surface area (Å²) in [5.74, 6) is 2.89. The molecule has 0 amide bonds. The minimum atomic E-state index is 0.500. The van der Waals surface area contributed by atoms with Crippen LogP contribution in [0, 0.1) is 23.7 Å². The van der Waals surface area contributed by atoms with Crippen LogP contribution < -0.4 is 0 Å². The van der Waals surface area contributed by atoms with E-state index in [1.165, 1.54) is 60.8 Å². The molecule has 0 aromatic heterocycles. The number of aliphatic imine (C=N–C) groups is 2. The van der Waals surface area contributed by atoms with E-state index in [0.29, 0.717) is 12.1 Å². The Bertz CT molecular complexity index is 393. The first kappa shape index (κ1) is 23.8. The molecular weight excluding hydrogens is 487 g/mol. The molecule has 150 valence electrons. The van der Waals surface area contributed by atoms with Crippen molar-refractivity contribution in [1.29, 1.82) is 0 Å². The predicted molar refractivity (Wildman–Crippen MR) is 116 cm³/mol. The molecule has 2 nitrogen and oxygen atoms in total. The molecule has 2 aliphatic rings. The Morgan fingerprint density at radius 3 is 1.16 bits per heavy atom. The second-order valence-electron chi connectivity index (χ2n) is 8.23. The Morgan fingerprint density at radius 1 is 0.680 bits per heavy atom. The first-order valence-corrected chi connectivity index (χ1v) is 14.6. The van der Waals surface area contributed by atoms with Crippen LogP contribution in [0.2, 0.25) is 0 Å². The van der Waals surface area contributed by atoms with Crippen molar-refractivity contribution in [3.8, 4) is 0 Å². The summed E-state index contributed by atoms with van der Waals surface area (Å²) in [5.41, 5.74) is 2.35. The van der Waals surface area contributed by atoms with Crippen LogP contribution in [0.25, 0.3) is 0 Å². The number of hydrogen-bond donors (Lipinski definition) is 0. The van der Waals surface area contributed by atoms with Gasteiger partial charge in [0.1, 0.15) is 0 Å². The standard InChI is InChI=1S/C20H36N2.2BrH.Ni/c1-13-9-7-10-14(2)19(13)21-17(5)18(6)22-20-15(3)11-8-12-16(20)4;;;/h13-16,19-20H,7-12H2,1-6H3;2*1H;/q;;;+2/p-2. The summed E-state index contributed by atoms with van der Waals surface area (Å²) < 4.78 is 0. The van der Waals surface area contributed by atoms with E-state index >= 15 is 0 Å². The van der Waals surface area contributed by atoms with Crippen LogP contribution in [0.1, 0.15) is 80.1 Å². The molecule has 0 aliphatic heterocycles. The van der Waals surface area contributed by atoms with Gasteiger partial charge in [0.05, 0.1) is 23.5 Å². The van der Waals surface area contributed by atoms with E-state index < -0.39 is 0 Å². The van der Waals surface area contributed by atoms with Gasteiger partial charge in [0.25, 0.3) is 0 Å². The zero-order chi connectivity index (χ0) is 19.0. The van der Waals surface area contributed by atoms with Crippen molar-refractivity contribution < 1.29 is 10.9 Å². The van der Waals surface area contributed by atoms with Crippen LogP contribution in [0.3, 0.4) is 0 Å². The van der Waals surface area contributed by atoms with Gasteiger partial charge in [-0.3, -0.25) is 9.98 Å². The summed E-state index contributed by atoms with van der Waals surface area (Å²) in [6, 6.07) is 1.00. The van der Waals surface area contributed by atoms with Gasteiger partial charge in [-0.05, 0) is 63.2 Å². The van der Waals surface area contributed by atoms with Crippen molar-refractivity contribution in [2.24, 2.45) is 33.7 Å². The van der Waals surface area contributed by atoms with Gasteiger partial charge in [-0.1, -0.05) is 40.5 Å². The van der Waals surface area contributed by atoms with Crippen LogP contribution in [-0.2, 0) is 10.9 Å². The van der Waals surface area contributed by atoms with Crippen molar-refractivity contribution in [2.45, 2.75) is 92.2 Å². The van der Waals surface area contributed by atoms with Crippen LogP contribution >= 0.6 is 28.5 Å². The maximum atomic E-state index is 5.10. The molecule has 0 saturated heterocycles. The zero-order valence-electron chi connectivity index (χ0n) is 16.7. The topological polar surface area (TPSA) is 24.7 Å². The molecular formula is C20H36Br2N2Ni. The molecule has 0 aromatic rings. The summed E-state index contributed by atoms with van der Waals surface area (Å²) in [4.78, 5) is 10.2. The van der Waals surface area contributed by atoms with Crippen molar-refractivity contribution in [2.75, 3.05) is 0 Å². The van der Waals surface area contributed by atoms with Gasteiger partial charge in [-0.15, -0.1) is 0 Å². The molecule has 25 heavy (non-hydrogen) atoms. The fourth-order valence-electron chi connectivity index (χ4n) is 4.47. The van der Waals surface area contributed by atoms with E-state index in [9.17, 15) is 0 Å². The molecule has 0 spiro atoms. The predicted octanol–water partition coefficient (Wildman–Crippen LogP) is 7.25. The fraction of sp³-hybridized carbons (Fsp3) is 0.900. The van der Waals surface area contributed by atoms with Crippen LogP contribution in [0.4, 0.5) is 0 Å². The van der Waals surface area contributed by atoms with Gasteiger partial charge < -0.3 is 0 Å². The summed E-state index contributed by atoms with van der Waals surface area (Å²) in [6.07, 6.45) is 8.07. The van der Waals surface area contributed by atoms with E-state index in [1.807, 2.05) is 0 Å². The minimum absolute atomic E-state index is 0.500. The van der Waals surface area contributed by atoms with E-state index in [-0.39, 0.29) is 0 Å². The quantitative estimate of drug-likeness (QED) is 0.275. The first-order chi connectivity index (χ1) is 11.8. The first-order valence-electron chi connectivity index (χ1n) is 9.73. The summed E-state index contributed by atoms with van der Waals surface area (Å²) in [5, 5.41) is 0. The van der Waals surface area contributed by atoms with Crippen molar-refractivity contribution in [3.63, 3.8) is 0 Å². The maximum absolute atomic E-state index is 5.10. The molecule has 0 N–H and O–H groups in total. The Kier molecular flexibility index (Phi) is 11.7. The Balaban J connectivity index is 0.000000970. The third-order valence-electron chi connectivity index (χ3n) is 6.18. The van der Waals surface area contributed by atoms with Gasteiger partial charge >= 0.3 is 39.3 Å². The van der Waals surface area contributed by atoms with E-state index in [2.05, 4.69) is 70.0 Å². The molecule has 2 rings (SSSR count). The van der Waals surface area contributed by atoms with Crippen LogP contribution in [-0.4, -0.2) is 23.5 Å². The van der Waals surface area contributed by atoms with Crippen molar-refractivity contribution in [3.05, 3.63) is 0 Å². The summed E-state index contributed by atoms with van der Waals surface area (Å²) >= 11 is 6.00. The molecule has 0 heterocycles. The van der Waals surface area contributed by atoms with Crippen molar-refractivity contribution in [1.82, 2.24) is 0 Å². The fourth-order valence-corrected chi connectivity index (χ4v) is 4.47. The van der Waals surface area contributed by atoms with Gasteiger partial charge in [0.15, 0.2) is 0 Å². The molecule has 2 fully saturated rings. The van der Waals surface area contributed by atoms with E-state index in [4.69, 9.17) is 9.98 Å². The molecule has 0 bridgehead atoms. The van der Waals surface area contributed by atoms with Gasteiger partial charge in [0, 0.05) is 0 Å². The molecule has 2 aliphatic carbocycles. The zero-order valence-corrected chi connectivity index (χ0v) is 20.8. The molecule has 0 aromatic carbocycles. The van der Waals surface area contributed by atoms with Crippen LogP contribution in [0.5, 0.6) is 0 Å². The molecule has 0 radical (unpaired) electrons. The second kappa shape index (κ2) is 12.3. The molecule has 5 heteroatoms. The SMILES string of the molecule is CC(=NC1C(C)CCCC1C)C(C)=NC1C(C)CCCC1C.[Br][Ni][Br]. The molecule has 4 atom stereocenters. The number of halogens is 2. The Labute approximate surface area is 175 Å². The number of nitrogens with zero attached hydrogens (tertiary/aromatic N) is 2. The summed E-state index contributed by atoms with van der Waals surface area (Å²) in [6.45, 7) is 13.8. The molecule has 4 unspecified atom stereocenters. The third kappa shape index (κ3) is 7.74. The van der Waals surface area contributed by atoms with E-state index in [1.54, 1.807) is 0 Å². The van der Waals surface area contributed by atoms with Crippen molar-refractivity contribution >= 4 is 39.9 Å². The average Bonchev–Trinajstić information content (AvgIpc) is 2.55. The normalized spacial score (nSPS) is 37.4. The van der Waals surface area contributed by atoms with Gasteiger partial charge in [-0.2, -0.15) is 0 Å². The number of rotatable bonds is 3. The Hall–Kier alpha value is 0.794.